The van der Waals surface area contributed by atoms with Gasteiger partial charge in [-0.1, -0.05) is 32.9 Å². The molecule has 0 unspecified atom stereocenters. The van der Waals surface area contributed by atoms with E-state index in [9.17, 15) is 0 Å². The van der Waals surface area contributed by atoms with Crippen molar-refractivity contribution in [1.82, 2.24) is 0 Å². The number of methoxy groups -OCH3 is 2. The molecule has 3 nitrogen and oxygen atoms in total. The van der Waals surface area contributed by atoms with Crippen LogP contribution in [-0.2, 0) is 5.41 Å². The lowest BCUT2D eigenvalue weighted by Gasteiger charge is -2.18. The summed E-state index contributed by atoms with van der Waals surface area (Å²) in [4.78, 5) is 0. The lowest BCUT2D eigenvalue weighted by atomic mass is 9.87. The van der Waals surface area contributed by atoms with Gasteiger partial charge in [0.1, 0.15) is 0 Å². The van der Waals surface area contributed by atoms with Gasteiger partial charge in [-0.2, -0.15) is 4.57 Å². The van der Waals surface area contributed by atoms with Crippen molar-refractivity contribution in [2.24, 2.45) is 0 Å². The van der Waals surface area contributed by atoms with E-state index in [1.807, 2.05) is 12.1 Å². The fraction of sp³-hybridized carbons (Fsp3) is 0.318. The zero-order chi connectivity index (χ0) is 18.2. The number of rotatable bonds is 3. The minimum Gasteiger partial charge on any atom is -1.00 e. The molecule has 1 heterocycles. The first kappa shape index (κ1) is 20.1. The first-order chi connectivity index (χ1) is 11.8. The topological polar surface area (TPSA) is 22.3 Å². The van der Waals surface area contributed by atoms with Crippen LogP contribution in [0.1, 0.15) is 32.0 Å². The van der Waals surface area contributed by atoms with Crippen molar-refractivity contribution in [3.8, 4) is 17.2 Å². The van der Waals surface area contributed by atoms with Gasteiger partial charge in [-0.25, -0.2) is 0 Å². The monoisotopic (exact) mass is 371 g/mol. The summed E-state index contributed by atoms with van der Waals surface area (Å²) in [6.45, 7) is 8.83. The number of fused-ring (bicyclic) bond motifs is 1. The van der Waals surface area contributed by atoms with Gasteiger partial charge in [-0.3, -0.25) is 0 Å². The molecule has 0 N–H and O–H groups in total. The highest BCUT2D eigenvalue weighted by Gasteiger charge is 2.18. The Labute approximate surface area is 162 Å². The smallest absolute Gasteiger partial charge is 0.210 e. The fourth-order valence-corrected chi connectivity index (χ4v) is 3.14. The average Bonchev–Trinajstić information content (AvgIpc) is 2.60. The normalized spacial score (nSPS) is 11.2. The lowest BCUT2D eigenvalue weighted by molar-refractivity contribution is -0.601. The van der Waals surface area contributed by atoms with Gasteiger partial charge in [-0.15, -0.1) is 0 Å². The fourth-order valence-electron chi connectivity index (χ4n) is 3.14. The zero-order valence-corrected chi connectivity index (χ0v) is 17.0. The number of nitrogens with zero attached hydrogens (tertiary/aromatic N) is 1. The molecule has 4 heteroatoms. The van der Waals surface area contributed by atoms with Crippen LogP contribution in [0.2, 0.25) is 0 Å². The quantitative estimate of drug-likeness (QED) is 0.654. The van der Waals surface area contributed by atoms with Gasteiger partial charge >= 0.3 is 0 Å². The maximum Gasteiger partial charge on any atom is 0.210 e. The highest BCUT2D eigenvalue weighted by molar-refractivity contribution is 5.87. The Morgan fingerprint density at radius 1 is 0.846 bits per heavy atom. The summed E-state index contributed by atoms with van der Waals surface area (Å²) < 4.78 is 13.1. The van der Waals surface area contributed by atoms with Crippen LogP contribution in [0.3, 0.4) is 0 Å². The Hall–Kier alpha value is -2.26. The van der Waals surface area contributed by atoms with E-state index in [1.165, 1.54) is 11.3 Å². The SMILES string of the molecule is COc1cc2cc[n+](-c3ccc(C(C)(C)C)cc3)c(C)c2cc1OC.[Cl-]. The molecule has 0 aliphatic carbocycles. The van der Waals surface area contributed by atoms with Crippen molar-refractivity contribution >= 4 is 10.8 Å². The van der Waals surface area contributed by atoms with Crippen molar-refractivity contribution in [2.75, 3.05) is 14.2 Å². The van der Waals surface area contributed by atoms with E-state index in [1.54, 1.807) is 14.2 Å². The third-order valence-corrected chi connectivity index (χ3v) is 4.72. The Kier molecular flexibility index (Phi) is 5.82. The molecule has 1 aromatic heterocycles. The Bertz CT molecular complexity index is 912. The average molecular weight is 372 g/mol. The third-order valence-electron chi connectivity index (χ3n) is 4.72. The summed E-state index contributed by atoms with van der Waals surface area (Å²) >= 11 is 0. The molecule has 0 spiro atoms. The van der Waals surface area contributed by atoms with Crippen LogP contribution in [0.4, 0.5) is 0 Å². The number of halogens is 1. The molecule has 138 valence electrons. The Balaban J connectivity index is 0.00000243. The first-order valence-electron chi connectivity index (χ1n) is 8.53. The van der Waals surface area contributed by atoms with Crippen LogP contribution in [-0.4, -0.2) is 14.2 Å². The Morgan fingerprint density at radius 2 is 1.42 bits per heavy atom. The number of hydrogen-bond acceptors (Lipinski definition) is 2. The highest BCUT2D eigenvalue weighted by Crippen LogP contribution is 2.32. The van der Waals surface area contributed by atoms with E-state index in [0.717, 1.165) is 28.0 Å². The van der Waals surface area contributed by atoms with Crippen LogP contribution in [0.5, 0.6) is 11.5 Å². The van der Waals surface area contributed by atoms with Crippen LogP contribution in [0.15, 0.2) is 48.7 Å². The second-order valence-electron chi connectivity index (χ2n) is 7.36. The summed E-state index contributed by atoms with van der Waals surface area (Å²) in [6, 6.07) is 15.0. The van der Waals surface area contributed by atoms with Crippen molar-refractivity contribution in [3.05, 3.63) is 59.9 Å². The van der Waals surface area contributed by atoms with E-state index in [-0.39, 0.29) is 17.8 Å². The molecule has 0 saturated carbocycles. The maximum atomic E-state index is 5.46. The van der Waals surface area contributed by atoms with E-state index in [0.29, 0.717) is 0 Å². The molecule has 0 amide bonds. The molecule has 26 heavy (non-hydrogen) atoms. The minimum absolute atomic E-state index is 0. The molecule has 0 aliphatic rings. The van der Waals surface area contributed by atoms with Crippen molar-refractivity contribution in [1.29, 1.82) is 0 Å². The van der Waals surface area contributed by atoms with Crippen LogP contribution < -0.4 is 26.4 Å². The summed E-state index contributed by atoms with van der Waals surface area (Å²) in [5.41, 5.74) is 3.82. The molecule has 0 aliphatic heterocycles. The maximum absolute atomic E-state index is 5.46. The number of aryl methyl sites for hydroxylation is 1. The number of benzene rings is 2. The second-order valence-corrected chi connectivity index (χ2v) is 7.36. The van der Waals surface area contributed by atoms with Gasteiger partial charge in [0.15, 0.2) is 23.4 Å². The molecular formula is C22H26ClNO2. The summed E-state index contributed by atoms with van der Waals surface area (Å²) in [6.07, 6.45) is 2.11. The third kappa shape index (κ3) is 3.63. The lowest BCUT2D eigenvalue weighted by Crippen LogP contribution is -3.00. The first-order valence-corrected chi connectivity index (χ1v) is 8.53. The summed E-state index contributed by atoms with van der Waals surface area (Å²) in [5.74, 6) is 1.50. The highest BCUT2D eigenvalue weighted by atomic mass is 35.5. The van der Waals surface area contributed by atoms with E-state index >= 15 is 0 Å². The minimum atomic E-state index is 0. The molecule has 0 radical (unpaired) electrons. The Morgan fingerprint density at radius 3 is 1.96 bits per heavy atom. The van der Waals surface area contributed by atoms with Crippen LogP contribution in [0, 0.1) is 6.92 Å². The number of hydrogen-bond donors (Lipinski definition) is 0. The summed E-state index contributed by atoms with van der Waals surface area (Å²) in [7, 11) is 3.33. The van der Waals surface area contributed by atoms with Crippen LogP contribution in [0.25, 0.3) is 16.5 Å². The van der Waals surface area contributed by atoms with Crippen LogP contribution >= 0.6 is 0 Å². The number of ether oxygens (including phenoxy) is 2. The van der Waals surface area contributed by atoms with Gasteiger partial charge in [0.05, 0.1) is 19.6 Å². The molecule has 3 rings (SSSR count). The van der Waals surface area contributed by atoms with Crippen molar-refractivity contribution in [2.45, 2.75) is 33.1 Å². The molecule has 2 aromatic carbocycles. The van der Waals surface area contributed by atoms with Gasteiger partial charge in [0.25, 0.3) is 0 Å². The zero-order valence-electron chi connectivity index (χ0n) is 16.3. The summed E-state index contributed by atoms with van der Waals surface area (Å²) in [5, 5.41) is 2.29. The van der Waals surface area contributed by atoms with Crippen molar-refractivity contribution in [3.63, 3.8) is 0 Å². The molecule has 0 saturated heterocycles. The van der Waals surface area contributed by atoms with E-state index in [2.05, 4.69) is 68.8 Å². The van der Waals surface area contributed by atoms with E-state index < -0.39 is 0 Å². The van der Waals surface area contributed by atoms with Gasteiger partial charge in [0.2, 0.25) is 5.69 Å². The van der Waals surface area contributed by atoms with E-state index in [4.69, 9.17) is 9.47 Å². The molecule has 0 atom stereocenters. The predicted octanol–water partition coefficient (Wildman–Crippen LogP) is 1.74. The standard InChI is InChI=1S/C22H26NO2.ClH/c1-15-19-14-21(25-6)20(24-5)13-16(19)11-12-23(15)18-9-7-17(8-10-18)22(2,3)4;/h7-14H,1-6H3;1H/q+1;/p-1. The van der Waals surface area contributed by atoms with Crippen molar-refractivity contribution < 1.29 is 26.4 Å². The molecule has 0 fully saturated rings. The second kappa shape index (κ2) is 7.55. The largest absolute Gasteiger partial charge is 1.00 e. The number of pyridine rings is 1. The van der Waals surface area contributed by atoms with Gasteiger partial charge < -0.3 is 21.9 Å². The van der Waals surface area contributed by atoms with Gasteiger partial charge in [-0.05, 0) is 28.5 Å². The molecule has 0 bridgehead atoms. The molecular weight excluding hydrogens is 346 g/mol. The van der Waals surface area contributed by atoms with Gasteiger partial charge in [0, 0.05) is 25.1 Å². The molecule has 3 aromatic rings. The number of aromatic nitrogens is 1. The predicted molar refractivity (Wildman–Crippen MR) is 102 cm³/mol.